The predicted molar refractivity (Wildman–Crippen MR) is 148 cm³/mol. The predicted octanol–water partition coefficient (Wildman–Crippen LogP) is 10.2. The van der Waals surface area contributed by atoms with E-state index in [0.29, 0.717) is 5.92 Å². The molecule has 4 rings (SSSR count). The summed E-state index contributed by atoms with van der Waals surface area (Å²) in [7, 11) is 0. The van der Waals surface area contributed by atoms with Gasteiger partial charge in [0, 0.05) is 0 Å². The van der Waals surface area contributed by atoms with E-state index < -0.39 is 0 Å². The Morgan fingerprint density at radius 1 is 0.735 bits per heavy atom. The molecule has 0 radical (unpaired) electrons. The third-order valence-corrected chi connectivity index (χ3v) is 9.14. The van der Waals surface area contributed by atoms with Gasteiger partial charge in [0.1, 0.15) is 0 Å². The maximum atomic E-state index is 2.43. The van der Waals surface area contributed by atoms with Crippen LogP contribution in [0.4, 0.5) is 0 Å². The van der Waals surface area contributed by atoms with Crippen molar-refractivity contribution in [3.63, 3.8) is 0 Å². The second-order valence-corrected chi connectivity index (χ2v) is 11.6. The number of allylic oxidation sites excluding steroid dienone is 2. The Balaban J connectivity index is 1.11. The van der Waals surface area contributed by atoms with Gasteiger partial charge >= 0.3 is 0 Å². The first-order chi connectivity index (χ1) is 16.7. The van der Waals surface area contributed by atoms with Crippen molar-refractivity contribution in [3.05, 3.63) is 83.4 Å². The van der Waals surface area contributed by atoms with E-state index in [1.807, 2.05) is 0 Å². The zero-order valence-electron chi connectivity index (χ0n) is 21.9. The minimum Gasteiger partial charge on any atom is -0.0917 e. The highest BCUT2D eigenvalue weighted by molar-refractivity contribution is 5.26. The van der Waals surface area contributed by atoms with Crippen LogP contribution in [0.25, 0.3) is 0 Å². The molecule has 2 aliphatic carbocycles. The molecule has 0 heterocycles. The lowest BCUT2D eigenvalue weighted by Crippen LogP contribution is -2.18. The second kappa shape index (κ2) is 13.3. The van der Waals surface area contributed by atoms with Gasteiger partial charge in [0.2, 0.25) is 0 Å². The smallest absolute Gasteiger partial charge is 0.0162 e. The lowest BCUT2D eigenvalue weighted by Gasteiger charge is -2.33. The summed E-state index contributed by atoms with van der Waals surface area (Å²) in [5.74, 6) is 4.48. The van der Waals surface area contributed by atoms with E-state index in [-0.39, 0.29) is 0 Å². The molecule has 2 aliphatic rings. The average Bonchev–Trinajstić information content (AvgIpc) is 2.90. The monoisotopic (exact) mass is 456 g/mol. The van der Waals surface area contributed by atoms with Crippen LogP contribution >= 0.6 is 0 Å². The van der Waals surface area contributed by atoms with E-state index in [1.54, 1.807) is 5.56 Å². The fourth-order valence-electron chi connectivity index (χ4n) is 6.80. The summed E-state index contributed by atoms with van der Waals surface area (Å²) in [5.41, 5.74) is 4.61. The van der Waals surface area contributed by atoms with Crippen molar-refractivity contribution in [1.82, 2.24) is 0 Å². The molecule has 2 aromatic carbocycles. The minimum absolute atomic E-state index is 0.715. The van der Waals surface area contributed by atoms with Crippen LogP contribution in [0, 0.1) is 17.8 Å². The molecular formula is C34H48. The van der Waals surface area contributed by atoms with E-state index in [9.17, 15) is 0 Å². The van der Waals surface area contributed by atoms with Gasteiger partial charge in [-0.25, -0.2) is 0 Å². The first-order valence-corrected chi connectivity index (χ1v) is 14.5. The Hall–Kier alpha value is -1.82. The average molecular weight is 457 g/mol. The Morgan fingerprint density at radius 3 is 1.94 bits per heavy atom. The molecule has 2 aromatic rings. The van der Waals surface area contributed by atoms with Gasteiger partial charge in [0.15, 0.2) is 0 Å². The number of aryl methyl sites for hydroxylation is 1. The fourth-order valence-corrected chi connectivity index (χ4v) is 6.80. The molecule has 0 saturated heterocycles. The minimum atomic E-state index is 0.715. The van der Waals surface area contributed by atoms with Crippen LogP contribution in [-0.4, -0.2) is 0 Å². The third-order valence-electron chi connectivity index (χ3n) is 9.14. The summed E-state index contributed by atoms with van der Waals surface area (Å²) >= 11 is 0. The molecule has 0 aromatic heterocycles. The summed E-state index contributed by atoms with van der Waals surface area (Å²) in [6.45, 7) is 4.54. The Morgan fingerprint density at radius 2 is 1.32 bits per heavy atom. The molecule has 184 valence electrons. The molecule has 34 heavy (non-hydrogen) atoms. The highest BCUT2D eigenvalue weighted by Gasteiger charge is 2.26. The van der Waals surface area contributed by atoms with Gasteiger partial charge in [-0.15, -0.1) is 0 Å². The Bertz CT molecular complexity index is 829. The van der Waals surface area contributed by atoms with Crippen LogP contribution in [0.2, 0.25) is 0 Å². The van der Waals surface area contributed by atoms with Crippen molar-refractivity contribution < 1.29 is 0 Å². The van der Waals surface area contributed by atoms with Gasteiger partial charge in [-0.3, -0.25) is 0 Å². The third kappa shape index (κ3) is 7.59. The molecule has 1 atom stereocenters. The lowest BCUT2D eigenvalue weighted by molar-refractivity contribution is 0.220. The van der Waals surface area contributed by atoms with Gasteiger partial charge in [-0.1, -0.05) is 112 Å². The molecule has 0 amide bonds. The molecule has 0 spiro atoms. The van der Waals surface area contributed by atoms with Crippen molar-refractivity contribution in [2.45, 2.75) is 109 Å². The number of hydrogen-bond donors (Lipinski definition) is 0. The van der Waals surface area contributed by atoms with Gasteiger partial charge in [0.25, 0.3) is 0 Å². The van der Waals surface area contributed by atoms with Crippen LogP contribution in [0.3, 0.4) is 0 Å². The SMILES string of the molecule is C/C=C/CCc1ccc(C2CCC(CCC3CCC(C[C@@H](C)c4ccccc4)CC3)CC2)cc1. The van der Waals surface area contributed by atoms with E-state index in [4.69, 9.17) is 0 Å². The first kappa shape index (κ1) is 25.3. The highest BCUT2D eigenvalue weighted by Crippen LogP contribution is 2.41. The van der Waals surface area contributed by atoms with Crippen LogP contribution in [-0.2, 0) is 6.42 Å². The Labute approximate surface area is 210 Å². The van der Waals surface area contributed by atoms with Gasteiger partial charge in [-0.2, -0.15) is 0 Å². The summed E-state index contributed by atoms with van der Waals surface area (Å²) < 4.78 is 0. The van der Waals surface area contributed by atoms with Crippen LogP contribution in [0.15, 0.2) is 66.7 Å². The first-order valence-electron chi connectivity index (χ1n) is 14.5. The highest BCUT2D eigenvalue weighted by atomic mass is 14.3. The van der Waals surface area contributed by atoms with Crippen molar-refractivity contribution in [1.29, 1.82) is 0 Å². The summed E-state index contributed by atoms with van der Waals surface area (Å²) in [6.07, 6.45) is 22.8. The Kier molecular flexibility index (Phi) is 9.90. The van der Waals surface area contributed by atoms with Crippen LogP contribution in [0.1, 0.15) is 119 Å². The summed E-state index contributed by atoms with van der Waals surface area (Å²) in [4.78, 5) is 0. The molecule has 2 saturated carbocycles. The normalized spacial score (nSPS) is 26.5. The zero-order chi connectivity index (χ0) is 23.6. The van der Waals surface area contributed by atoms with Crippen molar-refractivity contribution in [2.24, 2.45) is 17.8 Å². The second-order valence-electron chi connectivity index (χ2n) is 11.6. The molecule has 0 unspecified atom stereocenters. The zero-order valence-corrected chi connectivity index (χ0v) is 21.9. The fraction of sp³-hybridized carbons (Fsp3) is 0.588. The quantitative estimate of drug-likeness (QED) is 0.312. The van der Waals surface area contributed by atoms with Gasteiger partial charge in [0.05, 0.1) is 0 Å². The van der Waals surface area contributed by atoms with Crippen molar-refractivity contribution in [2.75, 3.05) is 0 Å². The number of hydrogen-bond acceptors (Lipinski definition) is 0. The van der Waals surface area contributed by atoms with Crippen LogP contribution < -0.4 is 0 Å². The lowest BCUT2D eigenvalue weighted by atomic mass is 9.73. The summed E-state index contributed by atoms with van der Waals surface area (Å²) in [6, 6.07) is 20.8. The van der Waals surface area contributed by atoms with Gasteiger partial charge in [-0.05, 0) is 98.1 Å². The molecular weight excluding hydrogens is 408 g/mol. The van der Waals surface area contributed by atoms with E-state index in [1.165, 1.54) is 88.2 Å². The van der Waals surface area contributed by atoms with Gasteiger partial charge < -0.3 is 0 Å². The topological polar surface area (TPSA) is 0 Å². The van der Waals surface area contributed by atoms with Crippen LogP contribution in [0.5, 0.6) is 0 Å². The van der Waals surface area contributed by atoms with E-state index in [0.717, 1.165) is 30.1 Å². The van der Waals surface area contributed by atoms with Crippen molar-refractivity contribution >= 4 is 0 Å². The van der Waals surface area contributed by atoms with Crippen molar-refractivity contribution in [3.8, 4) is 0 Å². The molecule has 0 bridgehead atoms. The molecule has 0 N–H and O–H groups in total. The maximum Gasteiger partial charge on any atom is -0.0162 e. The number of rotatable bonds is 10. The molecule has 2 fully saturated rings. The maximum absolute atomic E-state index is 2.43. The molecule has 0 heteroatoms. The molecule has 0 nitrogen and oxygen atoms in total. The number of benzene rings is 2. The summed E-state index contributed by atoms with van der Waals surface area (Å²) in [5, 5.41) is 0. The largest absolute Gasteiger partial charge is 0.0917 e. The van der Waals surface area contributed by atoms with E-state index >= 15 is 0 Å². The van der Waals surface area contributed by atoms with E-state index in [2.05, 4.69) is 80.6 Å². The molecule has 0 aliphatic heterocycles. The standard InChI is InChI=1S/C34H48/c1-3-4-6-9-28-18-22-33(23-19-28)34-24-20-30(21-25-34)13-12-29-14-16-31(17-15-29)26-27(2)32-10-7-5-8-11-32/h3-5,7-8,10-11,18-19,22-23,27,29-31,34H,6,9,12-17,20-21,24-26H2,1-2H3/b4-3+/t27-,29?,30?,31?,34?/m1/s1.